The van der Waals surface area contributed by atoms with E-state index in [0.717, 1.165) is 30.9 Å². The van der Waals surface area contributed by atoms with Crippen molar-refractivity contribution >= 4 is 15.9 Å². The number of rotatable bonds is 1. The second-order valence-electron chi connectivity index (χ2n) is 3.26. The summed E-state index contributed by atoms with van der Waals surface area (Å²) in [5.41, 5.74) is 0.951. The van der Waals surface area contributed by atoms with Crippen molar-refractivity contribution < 1.29 is 9.15 Å². The van der Waals surface area contributed by atoms with Crippen molar-refractivity contribution in [1.29, 1.82) is 0 Å². The third kappa shape index (κ3) is 1.94. The van der Waals surface area contributed by atoms with Gasteiger partial charge in [0, 0.05) is 22.5 Å². The van der Waals surface area contributed by atoms with Gasteiger partial charge in [-0.15, -0.1) is 0 Å². The van der Waals surface area contributed by atoms with Crippen molar-refractivity contribution in [2.45, 2.75) is 32.3 Å². The van der Waals surface area contributed by atoms with E-state index in [0.29, 0.717) is 4.80 Å². The zero-order chi connectivity index (χ0) is 9.26. The van der Waals surface area contributed by atoms with Crippen LogP contribution in [0.2, 0.25) is 0 Å². The summed E-state index contributed by atoms with van der Waals surface area (Å²) in [6.45, 7) is 2.76. The zero-order valence-electron chi connectivity index (χ0n) is 7.55. The molecule has 1 aromatic heterocycles. The predicted molar refractivity (Wildman–Crippen MR) is 51.5 cm³/mol. The second kappa shape index (κ2) is 3.80. The lowest BCUT2D eigenvalue weighted by molar-refractivity contribution is 0.0118. The van der Waals surface area contributed by atoms with Crippen molar-refractivity contribution in [3.63, 3.8) is 0 Å². The number of hydrogen-bond acceptors (Lipinski definition) is 3. The van der Waals surface area contributed by atoms with Gasteiger partial charge in [-0.05, 0) is 26.2 Å². The van der Waals surface area contributed by atoms with E-state index in [9.17, 15) is 0 Å². The SMILES string of the molecule is Cc1oc(Br)nc1C1CCCCO1. The maximum Gasteiger partial charge on any atom is 0.264 e. The molecule has 2 rings (SSSR count). The van der Waals surface area contributed by atoms with Crippen LogP contribution in [0, 0.1) is 6.92 Å². The quantitative estimate of drug-likeness (QED) is 0.764. The highest BCUT2D eigenvalue weighted by atomic mass is 79.9. The summed E-state index contributed by atoms with van der Waals surface area (Å²) < 4.78 is 10.9. The summed E-state index contributed by atoms with van der Waals surface area (Å²) in [5, 5.41) is 0. The van der Waals surface area contributed by atoms with Gasteiger partial charge in [0.2, 0.25) is 0 Å². The van der Waals surface area contributed by atoms with E-state index in [-0.39, 0.29) is 6.10 Å². The Labute approximate surface area is 85.6 Å². The maximum atomic E-state index is 5.61. The molecule has 1 unspecified atom stereocenters. The van der Waals surface area contributed by atoms with Crippen LogP contribution in [0.1, 0.15) is 36.8 Å². The standard InChI is InChI=1S/C9H12BrNO2/c1-6-8(11-9(10)13-6)7-4-2-3-5-12-7/h7H,2-5H2,1H3. The fourth-order valence-corrected chi connectivity index (χ4v) is 2.06. The molecule has 1 atom stereocenters. The molecule has 0 bridgehead atoms. The molecule has 1 aromatic rings. The third-order valence-corrected chi connectivity index (χ3v) is 2.63. The molecule has 13 heavy (non-hydrogen) atoms. The molecule has 0 aromatic carbocycles. The van der Waals surface area contributed by atoms with Gasteiger partial charge in [-0.3, -0.25) is 0 Å². The topological polar surface area (TPSA) is 35.3 Å². The van der Waals surface area contributed by atoms with Crippen molar-refractivity contribution in [3.8, 4) is 0 Å². The monoisotopic (exact) mass is 245 g/mol. The fourth-order valence-electron chi connectivity index (χ4n) is 1.63. The van der Waals surface area contributed by atoms with Crippen LogP contribution in [0.3, 0.4) is 0 Å². The van der Waals surface area contributed by atoms with Crippen molar-refractivity contribution in [2.75, 3.05) is 6.61 Å². The van der Waals surface area contributed by atoms with Gasteiger partial charge >= 0.3 is 0 Å². The number of aryl methyl sites for hydroxylation is 1. The van der Waals surface area contributed by atoms with Crippen LogP contribution in [0.4, 0.5) is 0 Å². The van der Waals surface area contributed by atoms with Gasteiger partial charge in [0.1, 0.15) is 17.6 Å². The van der Waals surface area contributed by atoms with E-state index in [1.165, 1.54) is 6.42 Å². The van der Waals surface area contributed by atoms with Gasteiger partial charge in [0.15, 0.2) is 0 Å². The first kappa shape index (κ1) is 9.21. The lowest BCUT2D eigenvalue weighted by Gasteiger charge is -2.20. The Kier molecular flexibility index (Phi) is 2.69. The molecule has 0 radical (unpaired) electrons. The highest BCUT2D eigenvalue weighted by molar-refractivity contribution is 9.10. The van der Waals surface area contributed by atoms with Crippen molar-refractivity contribution in [2.24, 2.45) is 0 Å². The van der Waals surface area contributed by atoms with Gasteiger partial charge in [0.25, 0.3) is 4.80 Å². The number of aromatic nitrogens is 1. The molecule has 2 heterocycles. The van der Waals surface area contributed by atoms with Crippen LogP contribution < -0.4 is 0 Å². The lowest BCUT2D eigenvalue weighted by atomic mass is 10.1. The maximum absolute atomic E-state index is 5.61. The summed E-state index contributed by atoms with van der Waals surface area (Å²) >= 11 is 3.22. The van der Waals surface area contributed by atoms with Crippen LogP contribution in [0.25, 0.3) is 0 Å². The molecular formula is C9H12BrNO2. The number of ether oxygens (including phenoxy) is 1. The minimum Gasteiger partial charge on any atom is -0.436 e. The highest BCUT2D eigenvalue weighted by Crippen LogP contribution is 2.30. The molecule has 3 nitrogen and oxygen atoms in total. The van der Waals surface area contributed by atoms with E-state index < -0.39 is 0 Å². The molecule has 1 aliphatic rings. The molecule has 0 N–H and O–H groups in total. The molecule has 4 heteroatoms. The van der Waals surface area contributed by atoms with Crippen LogP contribution in [0.5, 0.6) is 0 Å². The average molecular weight is 246 g/mol. The van der Waals surface area contributed by atoms with E-state index in [1.54, 1.807) is 0 Å². The fraction of sp³-hybridized carbons (Fsp3) is 0.667. The first-order valence-corrected chi connectivity index (χ1v) is 5.31. The third-order valence-electron chi connectivity index (χ3n) is 2.29. The Morgan fingerprint density at radius 3 is 2.85 bits per heavy atom. The number of nitrogens with zero attached hydrogens (tertiary/aromatic N) is 1. The van der Waals surface area contributed by atoms with Gasteiger partial charge in [-0.2, -0.15) is 0 Å². The van der Waals surface area contributed by atoms with Crippen molar-refractivity contribution in [1.82, 2.24) is 4.98 Å². The largest absolute Gasteiger partial charge is 0.436 e. The first-order chi connectivity index (χ1) is 6.27. The van der Waals surface area contributed by atoms with Gasteiger partial charge in [0.05, 0.1) is 0 Å². The number of halogens is 1. The Hall–Kier alpha value is -0.350. The summed E-state index contributed by atoms with van der Waals surface area (Å²) in [6.07, 6.45) is 3.58. The molecule has 0 amide bonds. The minimum atomic E-state index is 0.142. The van der Waals surface area contributed by atoms with E-state index in [2.05, 4.69) is 20.9 Å². The Balaban J connectivity index is 2.18. The summed E-state index contributed by atoms with van der Waals surface area (Å²) in [5.74, 6) is 0.860. The van der Waals surface area contributed by atoms with E-state index in [1.807, 2.05) is 6.92 Å². The summed E-state index contributed by atoms with van der Waals surface area (Å²) in [4.78, 5) is 4.81. The smallest absolute Gasteiger partial charge is 0.264 e. The molecule has 0 saturated carbocycles. The average Bonchev–Trinajstić information content (AvgIpc) is 2.47. The molecule has 0 spiro atoms. The molecule has 1 fully saturated rings. The Morgan fingerprint density at radius 2 is 2.31 bits per heavy atom. The molecule has 72 valence electrons. The van der Waals surface area contributed by atoms with Crippen molar-refractivity contribution in [3.05, 3.63) is 16.3 Å². The summed E-state index contributed by atoms with van der Waals surface area (Å²) in [7, 11) is 0. The molecule has 1 saturated heterocycles. The van der Waals surface area contributed by atoms with E-state index in [4.69, 9.17) is 9.15 Å². The Bertz CT molecular complexity index is 292. The number of hydrogen-bond donors (Lipinski definition) is 0. The second-order valence-corrected chi connectivity index (χ2v) is 3.94. The lowest BCUT2D eigenvalue weighted by Crippen LogP contribution is -2.12. The zero-order valence-corrected chi connectivity index (χ0v) is 9.13. The van der Waals surface area contributed by atoms with Crippen LogP contribution >= 0.6 is 15.9 Å². The molecule has 1 aliphatic heterocycles. The van der Waals surface area contributed by atoms with Crippen LogP contribution in [-0.4, -0.2) is 11.6 Å². The van der Waals surface area contributed by atoms with Gasteiger partial charge < -0.3 is 9.15 Å². The minimum absolute atomic E-state index is 0.142. The molecule has 0 aliphatic carbocycles. The predicted octanol–water partition coefficient (Wildman–Crippen LogP) is 2.99. The summed E-state index contributed by atoms with van der Waals surface area (Å²) in [6, 6.07) is 0. The highest BCUT2D eigenvalue weighted by Gasteiger charge is 2.22. The normalized spacial score (nSPS) is 23.4. The first-order valence-electron chi connectivity index (χ1n) is 4.52. The number of oxazole rings is 1. The van der Waals surface area contributed by atoms with E-state index >= 15 is 0 Å². The van der Waals surface area contributed by atoms with Gasteiger partial charge in [-0.25, -0.2) is 4.98 Å². The van der Waals surface area contributed by atoms with Crippen LogP contribution in [0.15, 0.2) is 9.22 Å². The van der Waals surface area contributed by atoms with Gasteiger partial charge in [-0.1, -0.05) is 0 Å². The van der Waals surface area contributed by atoms with Crippen LogP contribution in [-0.2, 0) is 4.74 Å². The molecular weight excluding hydrogens is 234 g/mol. The Morgan fingerprint density at radius 1 is 1.46 bits per heavy atom.